The maximum absolute atomic E-state index is 12.4. The molecule has 0 bridgehead atoms. The number of nitrogens with one attached hydrogen (secondary N) is 1. The average molecular weight is 458 g/mol. The quantitative estimate of drug-likeness (QED) is 0.491. The Labute approximate surface area is 180 Å². The number of benzene rings is 1. The molecule has 31 heavy (non-hydrogen) atoms. The van der Waals surface area contributed by atoms with Crippen molar-refractivity contribution in [1.82, 2.24) is 10.2 Å². The lowest BCUT2D eigenvalue weighted by Crippen LogP contribution is -2.41. The molecule has 1 atom stereocenters. The molecule has 1 unspecified atom stereocenters. The van der Waals surface area contributed by atoms with E-state index in [1.807, 2.05) is 0 Å². The van der Waals surface area contributed by atoms with Crippen LogP contribution in [0.1, 0.15) is 16.8 Å². The maximum atomic E-state index is 12.4. The Morgan fingerprint density at radius 1 is 1.10 bits per heavy atom. The smallest absolute Gasteiger partial charge is 0.325 e. The third-order valence-corrected chi connectivity index (χ3v) is 6.58. The van der Waals surface area contributed by atoms with Gasteiger partial charge in [0.15, 0.2) is 27.9 Å². The number of amides is 2. The highest BCUT2D eigenvalue weighted by atomic mass is 32.2. The molecule has 1 N–H and O–H groups in total. The third-order valence-electron chi connectivity index (χ3n) is 4.83. The second-order valence-electron chi connectivity index (χ2n) is 6.82. The highest BCUT2D eigenvalue weighted by Crippen LogP contribution is 2.38. The van der Waals surface area contributed by atoms with E-state index in [2.05, 4.69) is 5.32 Å². The van der Waals surface area contributed by atoms with Gasteiger partial charge in [-0.25, -0.2) is 8.42 Å². The second kappa shape index (κ2) is 10.3. The summed E-state index contributed by atoms with van der Waals surface area (Å²) in [6.07, 6.45) is 0.351. The molecule has 1 aliphatic rings. The summed E-state index contributed by atoms with van der Waals surface area (Å²) in [7, 11) is 2.57. The lowest BCUT2D eigenvalue weighted by molar-refractivity contribution is -0.151. The predicted octanol–water partition coefficient (Wildman–Crippen LogP) is -0.369. The number of hydrogen-bond acceptors (Lipinski definition) is 9. The molecule has 0 aliphatic carbocycles. The molecule has 0 spiro atoms. The van der Waals surface area contributed by atoms with Gasteiger partial charge in [-0.3, -0.25) is 14.4 Å². The molecule has 11 nitrogen and oxygen atoms in total. The van der Waals surface area contributed by atoms with Crippen LogP contribution in [0.4, 0.5) is 0 Å². The van der Waals surface area contributed by atoms with E-state index in [1.54, 1.807) is 0 Å². The van der Waals surface area contributed by atoms with Gasteiger partial charge in [0.1, 0.15) is 6.54 Å². The SMILES string of the molecule is COc1cc(C(=O)NCC(=O)OCC(=O)N(C)C2CCS(=O)(=O)C2)cc(OC)c1OC. The van der Waals surface area contributed by atoms with Crippen molar-refractivity contribution in [1.29, 1.82) is 0 Å². The normalized spacial score (nSPS) is 16.8. The van der Waals surface area contributed by atoms with Crippen LogP contribution in [0.15, 0.2) is 12.1 Å². The molecule has 0 aromatic heterocycles. The molecule has 1 aliphatic heterocycles. The molecule has 1 aromatic rings. The molecule has 1 fully saturated rings. The zero-order valence-corrected chi connectivity index (χ0v) is 18.6. The van der Waals surface area contributed by atoms with Crippen molar-refractivity contribution in [3.05, 3.63) is 17.7 Å². The number of carbonyl (C=O) groups is 3. The molecule has 0 saturated carbocycles. The lowest BCUT2D eigenvalue weighted by atomic mass is 10.1. The molecule has 0 radical (unpaired) electrons. The monoisotopic (exact) mass is 458 g/mol. The number of ether oxygens (including phenoxy) is 4. The molecule has 12 heteroatoms. The number of esters is 1. The van der Waals surface area contributed by atoms with Crippen LogP contribution in [0, 0.1) is 0 Å². The average Bonchev–Trinajstić information content (AvgIpc) is 3.13. The second-order valence-corrected chi connectivity index (χ2v) is 9.05. The topological polar surface area (TPSA) is 138 Å². The zero-order chi connectivity index (χ0) is 23.2. The lowest BCUT2D eigenvalue weighted by Gasteiger charge is -2.23. The van der Waals surface area contributed by atoms with Crippen LogP contribution < -0.4 is 19.5 Å². The Morgan fingerprint density at radius 3 is 2.19 bits per heavy atom. The van der Waals surface area contributed by atoms with Crippen molar-refractivity contribution in [2.45, 2.75) is 12.5 Å². The molecular formula is C19H26N2O9S. The molecule has 1 saturated heterocycles. The van der Waals surface area contributed by atoms with Crippen molar-refractivity contribution < 1.29 is 41.7 Å². The van der Waals surface area contributed by atoms with Gasteiger partial charge in [-0.05, 0) is 18.6 Å². The van der Waals surface area contributed by atoms with Gasteiger partial charge in [0.25, 0.3) is 11.8 Å². The number of methoxy groups -OCH3 is 3. The first kappa shape index (κ1) is 24.3. The number of sulfone groups is 1. The van der Waals surface area contributed by atoms with Crippen LogP contribution >= 0.6 is 0 Å². The number of rotatable bonds is 9. The Hall–Kier alpha value is -3.02. The number of likely N-dealkylation sites (N-methyl/N-ethyl adjacent to an activating group) is 1. The van der Waals surface area contributed by atoms with E-state index in [9.17, 15) is 22.8 Å². The zero-order valence-electron chi connectivity index (χ0n) is 17.8. The van der Waals surface area contributed by atoms with Crippen LogP contribution in [0.3, 0.4) is 0 Å². The fourth-order valence-electron chi connectivity index (χ4n) is 3.05. The fourth-order valence-corrected chi connectivity index (χ4v) is 4.82. The molecule has 172 valence electrons. The van der Waals surface area contributed by atoms with Gasteiger partial charge in [0.2, 0.25) is 5.75 Å². The summed E-state index contributed by atoms with van der Waals surface area (Å²) in [6.45, 7) is -1.02. The first-order valence-corrected chi connectivity index (χ1v) is 11.1. The third kappa shape index (κ3) is 6.23. The van der Waals surface area contributed by atoms with E-state index < -0.39 is 46.8 Å². The van der Waals surface area contributed by atoms with Crippen LogP contribution in [0.25, 0.3) is 0 Å². The van der Waals surface area contributed by atoms with Crippen LogP contribution in [-0.2, 0) is 24.2 Å². The number of hydrogen-bond donors (Lipinski definition) is 1. The van der Waals surface area contributed by atoms with Gasteiger partial charge in [0, 0.05) is 18.7 Å². The summed E-state index contributed by atoms with van der Waals surface area (Å²) in [5.41, 5.74) is 0.167. The van der Waals surface area contributed by atoms with Crippen molar-refractivity contribution in [3.63, 3.8) is 0 Å². The standard InChI is InChI=1S/C19H26N2O9S/c1-21(13-5-6-31(25,26)11-13)16(22)10-30-17(23)9-20-19(24)12-7-14(27-2)18(29-4)15(8-12)28-3/h7-8,13H,5-6,9-11H2,1-4H3,(H,20,24). The minimum atomic E-state index is -3.14. The van der Waals surface area contributed by atoms with Gasteiger partial charge in [-0.2, -0.15) is 0 Å². The molecular weight excluding hydrogens is 432 g/mol. The predicted molar refractivity (Wildman–Crippen MR) is 109 cm³/mol. The van der Waals surface area contributed by atoms with E-state index in [4.69, 9.17) is 18.9 Å². The highest BCUT2D eigenvalue weighted by Gasteiger charge is 2.33. The van der Waals surface area contributed by atoms with Crippen molar-refractivity contribution in [2.24, 2.45) is 0 Å². The van der Waals surface area contributed by atoms with Gasteiger partial charge < -0.3 is 29.2 Å². The van der Waals surface area contributed by atoms with Gasteiger partial charge in [-0.15, -0.1) is 0 Å². The van der Waals surface area contributed by atoms with Crippen LogP contribution in [-0.4, -0.2) is 90.2 Å². The summed E-state index contributed by atoms with van der Waals surface area (Å²) in [6, 6.07) is 2.42. The minimum absolute atomic E-state index is 0.0298. The van der Waals surface area contributed by atoms with Crippen LogP contribution in [0.2, 0.25) is 0 Å². The summed E-state index contributed by atoms with van der Waals surface area (Å²) in [5.74, 6) is -1.13. The highest BCUT2D eigenvalue weighted by molar-refractivity contribution is 7.91. The van der Waals surface area contributed by atoms with Crippen molar-refractivity contribution in [2.75, 3.05) is 53.0 Å². The summed E-state index contributed by atoms with van der Waals surface area (Å²) in [4.78, 5) is 37.7. The Balaban J connectivity index is 1.87. The van der Waals surface area contributed by atoms with Gasteiger partial charge in [-0.1, -0.05) is 0 Å². The largest absolute Gasteiger partial charge is 0.493 e. The Morgan fingerprint density at radius 2 is 1.71 bits per heavy atom. The van der Waals surface area contributed by atoms with Crippen molar-refractivity contribution >= 4 is 27.6 Å². The van der Waals surface area contributed by atoms with E-state index >= 15 is 0 Å². The summed E-state index contributed by atoms with van der Waals surface area (Å²) >= 11 is 0. The summed E-state index contributed by atoms with van der Waals surface area (Å²) < 4.78 is 43.5. The first-order chi connectivity index (χ1) is 14.6. The minimum Gasteiger partial charge on any atom is -0.493 e. The van der Waals surface area contributed by atoms with E-state index in [0.29, 0.717) is 12.2 Å². The van der Waals surface area contributed by atoms with E-state index in [1.165, 1.54) is 45.4 Å². The van der Waals surface area contributed by atoms with E-state index in [0.717, 1.165) is 0 Å². The molecule has 1 heterocycles. The molecule has 2 rings (SSSR count). The Bertz CT molecular complexity index is 921. The van der Waals surface area contributed by atoms with Crippen LogP contribution in [0.5, 0.6) is 17.2 Å². The molecule has 1 aromatic carbocycles. The summed E-state index contributed by atoms with van der Waals surface area (Å²) in [5, 5.41) is 2.39. The first-order valence-electron chi connectivity index (χ1n) is 9.31. The fraction of sp³-hybridized carbons (Fsp3) is 0.526. The number of nitrogens with zero attached hydrogens (tertiary/aromatic N) is 1. The maximum Gasteiger partial charge on any atom is 0.325 e. The van der Waals surface area contributed by atoms with Gasteiger partial charge in [0.05, 0.1) is 32.8 Å². The van der Waals surface area contributed by atoms with Gasteiger partial charge >= 0.3 is 5.97 Å². The Kier molecular flexibility index (Phi) is 8.08. The number of carbonyl (C=O) groups excluding carboxylic acids is 3. The molecule has 2 amide bonds. The van der Waals surface area contributed by atoms with E-state index in [-0.39, 0.29) is 28.6 Å². The van der Waals surface area contributed by atoms with Crippen molar-refractivity contribution in [3.8, 4) is 17.2 Å².